The molecule has 1 N–H and O–H groups in total. The molecule has 2 heterocycles. The van der Waals surface area contributed by atoms with Crippen LogP contribution in [0.3, 0.4) is 0 Å². The number of nitrogens with zero attached hydrogens (tertiary/aromatic N) is 5. The molecule has 1 aliphatic heterocycles. The van der Waals surface area contributed by atoms with E-state index in [2.05, 4.69) is 14.7 Å². The number of sulfonamides is 1. The molecule has 12 nitrogen and oxygen atoms in total. The number of hydrogen-bond acceptors (Lipinski definition) is 9. The maximum absolute atomic E-state index is 12.7. The highest BCUT2D eigenvalue weighted by atomic mass is 32.2. The highest BCUT2D eigenvalue weighted by Gasteiger charge is 2.28. The summed E-state index contributed by atoms with van der Waals surface area (Å²) in [7, 11) is -4.26. The summed E-state index contributed by atoms with van der Waals surface area (Å²) in [5.74, 6) is 0.517. The fourth-order valence-corrected chi connectivity index (χ4v) is 4.25. The number of rotatable bonds is 7. The van der Waals surface area contributed by atoms with E-state index in [0.29, 0.717) is 17.3 Å². The molecule has 2 aromatic rings. The second kappa shape index (κ2) is 8.28. The summed E-state index contributed by atoms with van der Waals surface area (Å²) in [6, 6.07) is 3.25. The minimum Gasteiger partial charge on any atom is -0.341 e. The number of benzene rings is 1. The molecule has 30 heavy (non-hydrogen) atoms. The molecule has 0 spiro atoms. The van der Waals surface area contributed by atoms with Gasteiger partial charge in [0.2, 0.25) is 16.0 Å². The Bertz CT molecular complexity index is 1080. The molecule has 160 valence electrons. The number of anilines is 1. The van der Waals surface area contributed by atoms with Gasteiger partial charge in [0, 0.05) is 30.9 Å². The number of aryl methyl sites for hydroxylation is 1. The first kappa shape index (κ1) is 21.5. The van der Waals surface area contributed by atoms with E-state index >= 15 is 0 Å². The minimum absolute atomic E-state index is 0.192. The molecular weight excluding hydrogens is 416 g/mol. The molecule has 3 rings (SSSR count). The minimum atomic E-state index is -4.26. The first-order valence-corrected chi connectivity index (χ1v) is 10.6. The summed E-state index contributed by atoms with van der Waals surface area (Å²) in [5, 5.41) is 22.4. The zero-order chi connectivity index (χ0) is 22.1. The number of aromatic nitrogens is 2. The van der Waals surface area contributed by atoms with E-state index in [4.69, 9.17) is 0 Å². The van der Waals surface area contributed by atoms with E-state index in [1.165, 1.54) is 6.92 Å². The molecule has 1 aromatic heterocycles. The maximum Gasteiger partial charge on any atom is 0.280 e. The van der Waals surface area contributed by atoms with Gasteiger partial charge in [-0.05, 0) is 32.8 Å². The predicted octanol–water partition coefficient (Wildman–Crippen LogP) is 1.99. The monoisotopic (exact) mass is 436 g/mol. The van der Waals surface area contributed by atoms with Crippen LogP contribution in [0.25, 0.3) is 0 Å². The third-order valence-corrected chi connectivity index (χ3v) is 6.14. The molecular formula is C17H20N6O6S. The zero-order valence-electron chi connectivity index (χ0n) is 16.4. The molecule has 13 heteroatoms. The van der Waals surface area contributed by atoms with E-state index in [0.717, 1.165) is 38.1 Å². The lowest BCUT2D eigenvalue weighted by Crippen LogP contribution is -2.26. The van der Waals surface area contributed by atoms with Crippen LogP contribution < -0.4 is 9.62 Å². The first-order valence-electron chi connectivity index (χ1n) is 9.11. The van der Waals surface area contributed by atoms with Gasteiger partial charge in [-0.15, -0.1) is 0 Å². The smallest absolute Gasteiger partial charge is 0.280 e. The van der Waals surface area contributed by atoms with E-state index in [-0.39, 0.29) is 12.1 Å². The summed E-state index contributed by atoms with van der Waals surface area (Å²) in [5.41, 5.74) is -0.407. The molecule has 0 aliphatic carbocycles. The second-order valence-electron chi connectivity index (χ2n) is 6.92. The lowest BCUT2D eigenvalue weighted by Gasteiger charge is -2.16. The summed E-state index contributed by atoms with van der Waals surface area (Å²) < 4.78 is 27.7. The van der Waals surface area contributed by atoms with Crippen molar-refractivity contribution in [3.8, 4) is 0 Å². The number of nitrogens with one attached hydrogen (secondary N) is 1. The highest BCUT2D eigenvalue weighted by Crippen LogP contribution is 2.31. The van der Waals surface area contributed by atoms with Crippen LogP contribution in [-0.4, -0.2) is 41.3 Å². The van der Waals surface area contributed by atoms with Gasteiger partial charge in [-0.25, -0.2) is 23.1 Å². The quantitative estimate of drug-likeness (QED) is 0.505. The van der Waals surface area contributed by atoms with Crippen LogP contribution in [0.4, 0.5) is 17.3 Å². The van der Waals surface area contributed by atoms with Crippen LogP contribution in [0.5, 0.6) is 0 Å². The van der Waals surface area contributed by atoms with Crippen molar-refractivity contribution in [2.45, 2.75) is 38.1 Å². The Morgan fingerprint density at radius 3 is 2.13 bits per heavy atom. The third kappa shape index (κ3) is 4.52. The van der Waals surface area contributed by atoms with Gasteiger partial charge in [0.05, 0.1) is 27.0 Å². The Morgan fingerprint density at radius 2 is 1.60 bits per heavy atom. The Kier molecular flexibility index (Phi) is 5.94. The van der Waals surface area contributed by atoms with Crippen LogP contribution in [0.1, 0.15) is 29.8 Å². The van der Waals surface area contributed by atoms with Crippen molar-refractivity contribution in [3.05, 3.63) is 55.4 Å². The van der Waals surface area contributed by atoms with Crippen LogP contribution in [-0.2, 0) is 16.6 Å². The molecule has 0 saturated carbocycles. The Morgan fingerprint density at radius 1 is 1.03 bits per heavy atom. The van der Waals surface area contributed by atoms with Gasteiger partial charge < -0.3 is 4.90 Å². The van der Waals surface area contributed by atoms with Crippen LogP contribution >= 0.6 is 0 Å². The Balaban J connectivity index is 1.89. The summed E-state index contributed by atoms with van der Waals surface area (Å²) >= 11 is 0. The summed E-state index contributed by atoms with van der Waals surface area (Å²) in [6.45, 7) is 4.42. The van der Waals surface area contributed by atoms with Crippen molar-refractivity contribution >= 4 is 27.3 Å². The van der Waals surface area contributed by atoms with Crippen molar-refractivity contribution in [1.82, 2.24) is 14.7 Å². The lowest BCUT2D eigenvalue weighted by atomic mass is 10.1. The largest absolute Gasteiger partial charge is 0.341 e. The summed E-state index contributed by atoms with van der Waals surface area (Å²) in [6.07, 6.45) is 2.06. The zero-order valence-corrected chi connectivity index (χ0v) is 17.2. The number of hydrogen-bond donors (Lipinski definition) is 1. The Labute approximate surface area is 172 Å². The van der Waals surface area contributed by atoms with Crippen molar-refractivity contribution in [3.63, 3.8) is 0 Å². The van der Waals surface area contributed by atoms with Crippen LogP contribution in [0.2, 0.25) is 0 Å². The molecule has 0 unspecified atom stereocenters. The number of nitro groups is 2. The predicted molar refractivity (Wildman–Crippen MR) is 107 cm³/mol. The van der Waals surface area contributed by atoms with Gasteiger partial charge in [-0.2, -0.15) is 0 Å². The van der Waals surface area contributed by atoms with E-state index in [1.807, 2.05) is 4.90 Å². The average Bonchev–Trinajstić information content (AvgIpc) is 3.20. The molecule has 1 aromatic carbocycles. The molecule has 0 bridgehead atoms. The van der Waals surface area contributed by atoms with Crippen molar-refractivity contribution < 1.29 is 18.3 Å². The lowest BCUT2D eigenvalue weighted by molar-refractivity contribution is -0.395. The van der Waals surface area contributed by atoms with Crippen molar-refractivity contribution in [1.29, 1.82) is 0 Å². The van der Waals surface area contributed by atoms with Gasteiger partial charge in [-0.3, -0.25) is 20.2 Å². The molecule has 1 aliphatic rings. The molecule has 1 fully saturated rings. The fraction of sp³-hybridized carbons (Fsp3) is 0.412. The normalized spacial score (nSPS) is 14.1. The first-order chi connectivity index (χ1) is 14.1. The SMILES string of the molecule is Cc1cc(CNS(=O)(=O)c2cc([N+](=O)[O-])c(C)c([N+](=O)[O-])c2)nc(N2CCCC2)n1. The summed E-state index contributed by atoms with van der Waals surface area (Å²) in [4.78, 5) is 30.9. The van der Waals surface area contributed by atoms with Gasteiger partial charge in [0.25, 0.3) is 11.4 Å². The van der Waals surface area contributed by atoms with Gasteiger partial charge in [0.1, 0.15) is 5.56 Å². The second-order valence-corrected chi connectivity index (χ2v) is 8.69. The topological polar surface area (TPSA) is 161 Å². The van der Waals surface area contributed by atoms with Gasteiger partial charge >= 0.3 is 0 Å². The van der Waals surface area contributed by atoms with E-state index < -0.39 is 36.1 Å². The average molecular weight is 436 g/mol. The van der Waals surface area contributed by atoms with Crippen molar-refractivity contribution in [2.24, 2.45) is 0 Å². The molecule has 0 amide bonds. The Hall–Kier alpha value is -3.19. The number of nitro benzene ring substituents is 2. The van der Waals surface area contributed by atoms with Crippen LogP contribution in [0.15, 0.2) is 23.1 Å². The molecule has 1 saturated heterocycles. The highest BCUT2D eigenvalue weighted by molar-refractivity contribution is 7.89. The standard InChI is InChI=1S/C17H20N6O6S/c1-11-7-13(20-17(19-11)21-5-3-4-6-21)10-18-30(28,29)14-8-15(22(24)25)12(2)16(9-14)23(26)27/h7-9,18H,3-6,10H2,1-2H3. The molecule has 0 atom stereocenters. The van der Waals surface area contributed by atoms with E-state index in [9.17, 15) is 28.6 Å². The molecule has 0 radical (unpaired) electrons. The van der Waals surface area contributed by atoms with Gasteiger partial charge in [0.15, 0.2) is 0 Å². The third-order valence-electron chi connectivity index (χ3n) is 4.76. The maximum atomic E-state index is 12.7. The van der Waals surface area contributed by atoms with Crippen LogP contribution in [0, 0.1) is 34.1 Å². The van der Waals surface area contributed by atoms with Gasteiger partial charge in [-0.1, -0.05) is 0 Å². The van der Waals surface area contributed by atoms with E-state index in [1.54, 1.807) is 13.0 Å². The van der Waals surface area contributed by atoms with Crippen molar-refractivity contribution in [2.75, 3.05) is 18.0 Å². The fourth-order valence-electron chi connectivity index (χ4n) is 3.21.